The van der Waals surface area contributed by atoms with Crippen LogP contribution in [0.3, 0.4) is 0 Å². The molecule has 1 unspecified atom stereocenters. The molecule has 1 N–H and O–H groups in total. The van der Waals surface area contributed by atoms with Crippen LogP contribution in [0, 0.1) is 5.92 Å². The van der Waals surface area contributed by atoms with Gasteiger partial charge in [0.2, 0.25) is 5.91 Å². The van der Waals surface area contributed by atoms with Gasteiger partial charge in [-0.2, -0.15) is 0 Å². The van der Waals surface area contributed by atoms with Crippen LogP contribution in [0.1, 0.15) is 25.7 Å². The van der Waals surface area contributed by atoms with Gasteiger partial charge in [0.25, 0.3) is 5.92 Å². The number of rotatable bonds is 1. The Labute approximate surface area is 70.3 Å². The summed E-state index contributed by atoms with van der Waals surface area (Å²) in [6.07, 6.45) is 1.42. The normalized spacial score (nSPS) is 28.1. The zero-order valence-electron chi connectivity index (χ0n) is 7.07. The van der Waals surface area contributed by atoms with E-state index < -0.39 is 17.7 Å². The molecule has 1 amide bonds. The van der Waals surface area contributed by atoms with E-state index in [0.29, 0.717) is 12.8 Å². The quantitative estimate of drug-likeness (QED) is 0.647. The summed E-state index contributed by atoms with van der Waals surface area (Å²) in [5, 5.41) is 2.27. The minimum absolute atomic E-state index is 0.148. The van der Waals surface area contributed by atoms with E-state index in [1.807, 2.05) is 0 Å². The molecule has 0 bridgehead atoms. The van der Waals surface area contributed by atoms with Gasteiger partial charge < -0.3 is 5.32 Å². The molecule has 1 aliphatic rings. The smallest absolute Gasteiger partial charge is 0.259 e. The fourth-order valence-corrected chi connectivity index (χ4v) is 1.59. The van der Waals surface area contributed by atoms with Gasteiger partial charge in [-0.05, 0) is 12.8 Å². The lowest BCUT2D eigenvalue weighted by molar-refractivity contribution is -0.144. The Morgan fingerprint density at radius 1 is 1.50 bits per heavy atom. The number of halogens is 2. The van der Waals surface area contributed by atoms with Crippen LogP contribution >= 0.6 is 0 Å². The maximum Gasteiger partial charge on any atom is 0.259 e. The molecule has 0 radical (unpaired) electrons. The van der Waals surface area contributed by atoms with Crippen LogP contribution in [0.15, 0.2) is 0 Å². The highest BCUT2D eigenvalue weighted by Gasteiger charge is 2.45. The SMILES string of the molecule is CNC(=O)C1CCCCC1(F)F. The van der Waals surface area contributed by atoms with Crippen LogP contribution in [0.25, 0.3) is 0 Å². The molecular weight excluding hydrogens is 164 g/mol. The van der Waals surface area contributed by atoms with Gasteiger partial charge in [0.1, 0.15) is 5.92 Å². The number of carbonyl (C=O) groups is 1. The van der Waals surface area contributed by atoms with Crippen molar-refractivity contribution in [2.24, 2.45) is 5.92 Å². The summed E-state index contributed by atoms with van der Waals surface area (Å²) in [6, 6.07) is 0. The molecule has 1 aliphatic carbocycles. The molecule has 0 heterocycles. The molecule has 0 saturated heterocycles. The molecule has 0 aliphatic heterocycles. The van der Waals surface area contributed by atoms with Crippen LogP contribution in [-0.4, -0.2) is 18.9 Å². The third kappa shape index (κ3) is 1.73. The van der Waals surface area contributed by atoms with Crippen molar-refractivity contribution in [3.05, 3.63) is 0 Å². The second-order valence-corrected chi connectivity index (χ2v) is 3.17. The zero-order valence-corrected chi connectivity index (χ0v) is 7.07. The average Bonchev–Trinajstić information content (AvgIpc) is 2.02. The molecule has 1 rings (SSSR count). The fourth-order valence-electron chi connectivity index (χ4n) is 1.59. The van der Waals surface area contributed by atoms with E-state index in [0.717, 1.165) is 6.42 Å². The standard InChI is InChI=1S/C8H13F2NO/c1-11-7(12)6-4-2-3-5-8(6,9)10/h6H,2-5H2,1H3,(H,11,12). The fraction of sp³-hybridized carbons (Fsp3) is 0.875. The lowest BCUT2D eigenvalue weighted by Gasteiger charge is -2.29. The summed E-state index contributed by atoms with van der Waals surface area (Å²) >= 11 is 0. The zero-order chi connectivity index (χ0) is 9.19. The number of carbonyl (C=O) groups excluding carboxylic acids is 1. The summed E-state index contributed by atoms with van der Waals surface area (Å²) < 4.78 is 26.1. The molecule has 1 fully saturated rings. The van der Waals surface area contributed by atoms with Crippen molar-refractivity contribution in [3.8, 4) is 0 Å². The summed E-state index contributed by atoms with van der Waals surface area (Å²) in [5.41, 5.74) is 0. The minimum Gasteiger partial charge on any atom is -0.359 e. The number of hydrogen-bond donors (Lipinski definition) is 1. The first-order valence-electron chi connectivity index (χ1n) is 4.17. The van der Waals surface area contributed by atoms with Crippen molar-refractivity contribution in [1.82, 2.24) is 5.32 Å². The van der Waals surface area contributed by atoms with Crippen LogP contribution in [0.2, 0.25) is 0 Å². The van der Waals surface area contributed by atoms with E-state index >= 15 is 0 Å². The van der Waals surface area contributed by atoms with Gasteiger partial charge in [0.05, 0.1) is 0 Å². The highest BCUT2D eigenvalue weighted by atomic mass is 19.3. The van der Waals surface area contributed by atoms with Gasteiger partial charge in [-0.1, -0.05) is 6.42 Å². The van der Waals surface area contributed by atoms with Crippen molar-refractivity contribution in [2.75, 3.05) is 7.05 Å². The van der Waals surface area contributed by atoms with Gasteiger partial charge >= 0.3 is 0 Å². The molecule has 1 atom stereocenters. The Hall–Kier alpha value is -0.670. The maximum atomic E-state index is 13.0. The first-order valence-corrected chi connectivity index (χ1v) is 4.17. The van der Waals surface area contributed by atoms with Gasteiger partial charge in [-0.15, -0.1) is 0 Å². The van der Waals surface area contributed by atoms with Gasteiger partial charge in [-0.3, -0.25) is 4.79 Å². The lowest BCUT2D eigenvalue weighted by atomic mass is 9.85. The Morgan fingerprint density at radius 2 is 2.17 bits per heavy atom. The molecule has 1 saturated carbocycles. The number of alkyl halides is 2. The molecule has 12 heavy (non-hydrogen) atoms. The number of nitrogens with one attached hydrogen (secondary N) is 1. The third-order valence-electron chi connectivity index (χ3n) is 2.33. The van der Waals surface area contributed by atoms with Crippen molar-refractivity contribution in [3.63, 3.8) is 0 Å². The van der Waals surface area contributed by atoms with Crippen molar-refractivity contribution < 1.29 is 13.6 Å². The molecule has 0 aromatic heterocycles. The van der Waals surface area contributed by atoms with Crippen LogP contribution in [0.4, 0.5) is 8.78 Å². The van der Waals surface area contributed by atoms with Gasteiger partial charge in [-0.25, -0.2) is 8.78 Å². The monoisotopic (exact) mass is 177 g/mol. The second-order valence-electron chi connectivity index (χ2n) is 3.17. The summed E-state index contributed by atoms with van der Waals surface area (Å²) in [6.45, 7) is 0. The molecule has 0 spiro atoms. The maximum absolute atomic E-state index is 13.0. The topological polar surface area (TPSA) is 29.1 Å². The molecule has 0 aromatic carbocycles. The van der Waals surface area contributed by atoms with Gasteiger partial charge in [0, 0.05) is 13.5 Å². The predicted octanol–water partition coefficient (Wildman–Crippen LogP) is 1.56. The van der Waals surface area contributed by atoms with E-state index in [-0.39, 0.29) is 6.42 Å². The molecule has 0 aromatic rings. The average molecular weight is 177 g/mol. The predicted molar refractivity (Wildman–Crippen MR) is 41.0 cm³/mol. The Bertz CT molecular complexity index is 182. The Balaban J connectivity index is 2.66. The number of hydrogen-bond acceptors (Lipinski definition) is 1. The van der Waals surface area contributed by atoms with E-state index in [1.165, 1.54) is 7.05 Å². The van der Waals surface area contributed by atoms with Crippen molar-refractivity contribution in [1.29, 1.82) is 0 Å². The third-order valence-corrected chi connectivity index (χ3v) is 2.33. The lowest BCUT2D eigenvalue weighted by Crippen LogP contribution is -2.42. The molecule has 4 heteroatoms. The summed E-state index contributed by atoms with van der Waals surface area (Å²) in [5.74, 6) is -4.42. The number of amides is 1. The second kappa shape index (κ2) is 3.37. The summed E-state index contributed by atoms with van der Waals surface area (Å²) in [4.78, 5) is 11.0. The van der Waals surface area contributed by atoms with Crippen LogP contribution in [0.5, 0.6) is 0 Å². The van der Waals surface area contributed by atoms with E-state index in [4.69, 9.17) is 0 Å². The highest BCUT2D eigenvalue weighted by molar-refractivity contribution is 5.79. The van der Waals surface area contributed by atoms with Crippen molar-refractivity contribution in [2.45, 2.75) is 31.6 Å². The minimum atomic E-state index is -2.79. The van der Waals surface area contributed by atoms with Crippen LogP contribution < -0.4 is 5.32 Å². The molecule has 70 valence electrons. The molecule has 2 nitrogen and oxygen atoms in total. The highest BCUT2D eigenvalue weighted by Crippen LogP contribution is 2.38. The first kappa shape index (κ1) is 9.42. The molecular formula is C8H13F2NO. The van der Waals surface area contributed by atoms with Crippen molar-refractivity contribution >= 4 is 5.91 Å². The van der Waals surface area contributed by atoms with Gasteiger partial charge in [0.15, 0.2) is 0 Å². The Kier molecular flexibility index (Phi) is 2.65. The van der Waals surface area contributed by atoms with E-state index in [9.17, 15) is 13.6 Å². The first-order chi connectivity index (χ1) is 5.58. The van der Waals surface area contributed by atoms with E-state index in [1.54, 1.807) is 0 Å². The largest absolute Gasteiger partial charge is 0.359 e. The van der Waals surface area contributed by atoms with Crippen LogP contribution in [-0.2, 0) is 4.79 Å². The Morgan fingerprint density at radius 3 is 2.67 bits per heavy atom. The van der Waals surface area contributed by atoms with E-state index in [2.05, 4.69) is 5.32 Å². The summed E-state index contributed by atoms with van der Waals surface area (Å²) in [7, 11) is 1.40.